The van der Waals surface area contributed by atoms with Gasteiger partial charge in [0.25, 0.3) is 5.91 Å². The summed E-state index contributed by atoms with van der Waals surface area (Å²) in [6.07, 6.45) is -1.32. The van der Waals surface area contributed by atoms with E-state index in [2.05, 4.69) is 12.4 Å². The van der Waals surface area contributed by atoms with Crippen molar-refractivity contribution in [3.8, 4) is 5.75 Å². The Kier molecular flexibility index (Phi) is 8.64. The number of carbonyl (C=O) groups is 2. The van der Waals surface area contributed by atoms with Crippen molar-refractivity contribution in [1.82, 2.24) is 5.32 Å². The summed E-state index contributed by atoms with van der Waals surface area (Å²) in [6, 6.07) is 23.7. The summed E-state index contributed by atoms with van der Waals surface area (Å²) in [6.45, 7) is 4.79. The normalized spacial score (nSPS) is 20.1. The second-order valence-corrected chi connectivity index (χ2v) is 10.5. The summed E-state index contributed by atoms with van der Waals surface area (Å²) < 4.78 is 17.7. The van der Waals surface area contributed by atoms with E-state index in [-0.39, 0.29) is 12.5 Å². The number of hydrogen-bond acceptors (Lipinski definition) is 6. The Hall–Kier alpha value is -3.92. The number of rotatable bonds is 10. The first-order valence-corrected chi connectivity index (χ1v) is 13.6. The first kappa shape index (κ1) is 27.6. The molecule has 0 saturated carbocycles. The zero-order valence-corrected chi connectivity index (χ0v) is 22.7. The van der Waals surface area contributed by atoms with Crippen LogP contribution in [0.15, 0.2) is 78.9 Å². The molecule has 5 rings (SSSR count). The molecular weight excluding hydrogens is 510 g/mol. The van der Waals surface area contributed by atoms with E-state index < -0.39 is 18.2 Å². The highest BCUT2D eigenvalue weighted by molar-refractivity contribution is 5.97. The minimum atomic E-state index is -0.751. The molecule has 3 aromatic rings. The summed E-state index contributed by atoms with van der Waals surface area (Å²) >= 11 is 0. The van der Waals surface area contributed by atoms with Crippen molar-refractivity contribution in [3.05, 3.63) is 95.6 Å². The summed E-state index contributed by atoms with van der Waals surface area (Å²) in [4.78, 5) is 27.5. The molecule has 9 nitrogen and oxygen atoms in total. The highest BCUT2D eigenvalue weighted by Gasteiger charge is 2.43. The Labute approximate surface area is 234 Å². The third-order valence-corrected chi connectivity index (χ3v) is 7.60. The van der Waals surface area contributed by atoms with Crippen LogP contribution in [-0.4, -0.2) is 80.7 Å². The Morgan fingerprint density at radius 3 is 2.52 bits per heavy atom. The molecule has 2 atom stereocenters. The van der Waals surface area contributed by atoms with Crippen molar-refractivity contribution >= 4 is 17.7 Å². The predicted octanol–water partition coefficient (Wildman–Crippen LogP) is 3.53. The molecule has 2 N–H and O–H groups in total. The van der Waals surface area contributed by atoms with Gasteiger partial charge in [0.15, 0.2) is 6.10 Å². The van der Waals surface area contributed by atoms with E-state index in [1.54, 1.807) is 24.3 Å². The van der Waals surface area contributed by atoms with Crippen molar-refractivity contribution in [2.24, 2.45) is 0 Å². The van der Waals surface area contributed by atoms with Gasteiger partial charge in [-0.15, -0.1) is 0 Å². The number of aliphatic hydroxyl groups is 1. The van der Waals surface area contributed by atoms with Gasteiger partial charge in [-0.3, -0.25) is 9.69 Å². The molecular formula is C31H36N3O6+. The standard InChI is InChI=1S/C31H35N3O6/c1-34(16-18-38-19-17-34)15-14-32-30(36)25-8-5-9-26(20-25)33-29(28(21-35)40-31(33)37)24-10-12-27(13-11-24)39-22-23-6-3-2-4-7-23/h2-13,20,28-29,35H,14-19,21-22H2,1H3/p+1/t28-,29-/m1/s1. The number of hydrogen-bond donors (Lipinski definition) is 2. The van der Waals surface area contributed by atoms with Crippen LogP contribution in [0, 0.1) is 0 Å². The van der Waals surface area contributed by atoms with Crippen LogP contribution in [0.5, 0.6) is 5.75 Å². The number of amides is 2. The molecule has 2 aliphatic rings. The zero-order valence-electron chi connectivity index (χ0n) is 22.7. The number of aliphatic hydroxyl groups excluding tert-OH is 1. The van der Waals surface area contributed by atoms with Crippen molar-refractivity contribution in [1.29, 1.82) is 0 Å². The molecule has 2 saturated heterocycles. The van der Waals surface area contributed by atoms with Gasteiger partial charge >= 0.3 is 6.09 Å². The van der Waals surface area contributed by atoms with Crippen LogP contribution in [0.2, 0.25) is 0 Å². The lowest BCUT2D eigenvalue weighted by Crippen LogP contribution is -2.54. The highest BCUT2D eigenvalue weighted by Crippen LogP contribution is 2.38. The molecule has 2 amide bonds. The Bertz CT molecular complexity index is 1290. The summed E-state index contributed by atoms with van der Waals surface area (Å²) in [5.74, 6) is 0.487. The molecule has 0 aromatic heterocycles. The Morgan fingerprint density at radius 1 is 1.05 bits per heavy atom. The molecule has 0 radical (unpaired) electrons. The second kappa shape index (κ2) is 12.5. The first-order valence-electron chi connectivity index (χ1n) is 13.6. The van der Waals surface area contributed by atoms with Crippen LogP contribution in [0.4, 0.5) is 10.5 Å². The zero-order chi connectivity index (χ0) is 28.0. The van der Waals surface area contributed by atoms with E-state index >= 15 is 0 Å². The molecule has 3 aromatic carbocycles. The van der Waals surface area contributed by atoms with Crippen molar-refractivity contribution < 1.29 is 33.4 Å². The number of nitrogens with zero attached hydrogens (tertiary/aromatic N) is 2. The summed E-state index contributed by atoms with van der Waals surface area (Å²) in [7, 11) is 2.17. The van der Waals surface area contributed by atoms with Crippen molar-refractivity contribution in [2.75, 3.05) is 57.9 Å². The minimum Gasteiger partial charge on any atom is -0.489 e. The number of quaternary nitrogens is 1. The monoisotopic (exact) mass is 546 g/mol. The summed E-state index contributed by atoms with van der Waals surface area (Å²) in [5, 5.41) is 13.0. The molecule has 0 spiro atoms. The fraction of sp³-hybridized carbons (Fsp3) is 0.355. The number of anilines is 1. The smallest absolute Gasteiger partial charge is 0.415 e. The topological polar surface area (TPSA) is 97.3 Å². The average molecular weight is 547 g/mol. The van der Waals surface area contributed by atoms with Gasteiger partial charge in [0.05, 0.1) is 40.0 Å². The largest absolute Gasteiger partial charge is 0.489 e. The fourth-order valence-corrected chi connectivity index (χ4v) is 5.15. The molecule has 2 aliphatic heterocycles. The van der Waals surface area contributed by atoms with E-state index in [0.717, 1.165) is 48.5 Å². The van der Waals surface area contributed by atoms with E-state index in [1.165, 1.54) is 4.90 Å². The Morgan fingerprint density at radius 2 is 1.80 bits per heavy atom. The third-order valence-electron chi connectivity index (χ3n) is 7.60. The van der Waals surface area contributed by atoms with Crippen LogP contribution in [0.25, 0.3) is 0 Å². The van der Waals surface area contributed by atoms with Gasteiger partial charge in [-0.25, -0.2) is 4.79 Å². The summed E-state index contributed by atoms with van der Waals surface area (Å²) in [5.41, 5.74) is 2.82. The van der Waals surface area contributed by atoms with E-state index in [9.17, 15) is 14.7 Å². The van der Waals surface area contributed by atoms with Gasteiger partial charge in [0.1, 0.15) is 31.5 Å². The predicted molar refractivity (Wildman–Crippen MR) is 150 cm³/mol. The van der Waals surface area contributed by atoms with Crippen molar-refractivity contribution in [3.63, 3.8) is 0 Å². The van der Waals surface area contributed by atoms with Gasteiger partial charge in [-0.2, -0.15) is 0 Å². The fourth-order valence-electron chi connectivity index (χ4n) is 5.15. The van der Waals surface area contributed by atoms with Crippen molar-refractivity contribution in [2.45, 2.75) is 18.8 Å². The third kappa shape index (κ3) is 6.44. The van der Waals surface area contributed by atoms with Crippen LogP contribution < -0.4 is 15.0 Å². The van der Waals surface area contributed by atoms with Gasteiger partial charge < -0.3 is 29.1 Å². The van der Waals surface area contributed by atoms with Crippen LogP contribution in [0.1, 0.15) is 27.5 Å². The lowest BCUT2D eigenvalue weighted by atomic mass is 10.00. The van der Waals surface area contributed by atoms with Gasteiger partial charge in [0, 0.05) is 11.3 Å². The van der Waals surface area contributed by atoms with Crippen LogP contribution >= 0.6 is 0 Å². The number of morpholine rings is 1. The maximum absolute atomic E-state index is 13.0. The Balaban J connectivity index is 1.28. The molecule has 9 heteroatoms. The van der Waals surface area contributed by atoms with E-state index in [1.807, 2.05) is 54.6 Å². The average Bonchev–Trinajstić information content (AvgIpc) is 3.33. The molecule has 0 aliphatic carbocycles. The maximum atomic E-state index is 13.0. The van der Waals surface area contributed by atoms with Crippen LogP contribution in [0.3, 0.4) is 0 Å². The molecule has 40 heavy (non-hydrogen) atoms. The first-order chi connectivity index (χ1) is 19.5. The second-order valence-electron chi connectivity index (χ2n) is 10.5. The quantitative estimate of drug-likeness (QED) is 0.378. The minimum absolute atomic E-state index is 0.204. The van der Waals surface area contributed by atoms with Gasteiger partial charge in [-0.1, -0.05) is 48.5 Å². The van der Waals surface area contributed by atoms with Gasteiger partial charge in [-0.05, 0) is 41.5 Å². The number of cyclic esters (lactones) is 1. The lowest BCUT2D eigenvalue weighted by Gasteiger charge is -2.37. The maximum Gasteiger partial charge on any atom is 0.415 e. The van der Waals surface area contributed by atoms with E-state index in [0.29, 0.717) is 30.2 Å². The molecule has 210 valence electrons. The number of nitrogens with one attached hydrogen (secondary N) is 1. The number of likely N-dealkylation sites (N-methyl/N-ethyl adjacent to an activating group) is 1. The SMILES string of the molecule is C[N+]1(CCNC(=O)c2cccc(N3C(=O)O[C@H](CO)[C@H]3c3ccc(OCc4ccccc4)cc3)c2)CCOCC1. The highest BCUT2D eigenvalue weighted by atomic mass is 16.6. The molecule has 0 bridgehead atoms. The van der Waals surface area contributed by atoms with Gasteiger partial charge in [0.2, 0.25) is 0 Å². The number of carbonyl (C=O) groups excluding carboxylic acids is 2. The van der Waals surface area contributed by atoms with E-state index in [4.69, 9.17) is 14.2 Å². The number of benzene rings is 3. The molecule has 2 fully saturated rings. The molecule has 0 unspecified atom stereocenters. The van der Waals surface area contributed by atoms with Crippen LogP contribution in [-0.2, 0) is 16.1 Å². The molecule has 2 heterocycles. The number of ether oxygens (including phenoxy) is 3. The lowest BCUT2D eigenvalue weighted by molar-refractivity contribution is -0.915.